The van der Waals surface area contributed by atoms with Gasteiger partial charge in [0.15, 0.2) is 6.61 Å². The van der Waals surface area contributed by atoms with Gasteiger partial charge < -0.3 is 20.7 Å². The van der Waals surface area contributed by atoms with Gasteiger partial charge in [0.05, 0.1) is 5.56 Å². The quantitative estimate of drug-likeness (QED) is 0.684. The van der Waals surface area contributed by atoms with Crippen LogP contribution in [-0.4, -0.2) is 24.6 Å². The molecule has 150 valence electrons. The van der Waals surface area contributed by atoms with Crippen molar-refractivity contribution in [1.29, 1.82) is 0 Å². The Hall–Kier alpha value is -3.23. The normalized spacial score (nSPS) is 11.1. The number of rotatable bonds is 6. The van der Waals surface area contributed by atoms with Gasteiger partial charge >= 0.3 is 12.2 Å². The maximum atomic E-state index is 12.7. The first-order chi connectivity index (χ1) is 13.1. The van der Waals surface area contributed by atoms with E-state index >= 15 is 0 Å². The molecule has 9 heteroatoms. The third-order valence-corrected chi connectivity index (χ3v) is 3.38. The van der Waals surface area contributed by atoms with Crippen LogP contribution in [0.3, 0.4) is 0 Å². The maximum Gasteiger partial charge on any atom is 0.416 e. The van der Waals surface area contributed by atoms with Gasteiger partial charge in [-0.15, -0.1) is 0 Å². The second-order valence-corrected chi connectivity index (χ2v) is 6.19. The van der Waals surface area contributed by atoms with Crippen LogP contribution in [0.25, 0.3) is 0 Å². The summed E-state index contributed by atoms with van der Waals surface area (Å²) in [7, 11) is 0. The number of carbonyl (C=O) groups is 2. The number of benzene rings is 2. The lowest BCUT2D eigenvalue weighted by molar-refractivity contribution is -0.137. The molecule has 0 bridgehead atoms. The Kier molecular flexibility index (Phi) is 6.86. The van der Waals surface area contributed by atoms with E-state index in [1.54, 1.807) is 24.3 Å². The van der Waals surface area contributed by atoms with Crippen LogP contribution in [-0.2, 0) is 11.0 Å². The number of anilines is 2. The second-order valence-electron chi connectivity index (χ2n) is 6.19. The van der Waals surface area contributed by atoms with Gasteiger partial charge in [0.25, 0.3) is 5.91 Å². The van der Waals surface area contributed by atoms with E-state index in [4.69, 9.17) is 4.74 Å². The van der Waals surface area contributed by atoms with Crippen LogP contribution in [0.2, 0.25) is 0 Å². The summed E-state index contributed by atoms with van der Waals surface area (Å²) in [6.45, 7) is 3.22. The molecule has 28 heavy (non-hydrogen) atoms. The number of hydrogen-bond acceptors (Lipinski definition) is 3. The van der Waals surface area contributed by atoms with Crippen LogP contribution in [0, 0.1) is 0 Å². The molecular formula is C19H20F3N3O3. The van der Waals surface area contributed by atoms with Crippen LogP contribution in [0.15, 0.2) is 48.5 Å². The molecule has 0 saturated carbocycles. The molecule has 2 rings (SSSR count). The van der Waals surface area contributed by atoms with Crippen molar-refractivity contribution in [3.8, 4) is 5.75 Å². The van der Waals surface area contributed by atoms with Gasteiger partial charge in [0.2, 0.25) is 0 Å². The van der Waals surface area contributed by atoms with E-state index in [1.165, 1.54) is 12.1 Å². The summed E-state index contributed by atoms with van der Waals surface area (Å²) in [4.78, 5) is 23.5. The Balaban J connectivity index is 1.85. The summed E-state index contributed by atoms with van der Waals surface area (Å²) in [5.74, 6) is -0.587. The zero-order valence-corrected chi connectivity index (χ0v) is 15.3. The Morgan fingerprint density at radius 3 is 2.18 bits per heavy atom. The molecule has 0 saturated heterocycles. The van der Waals surface area contributed by atoms with Crippen molar-refractivity contribution in [2.75, 3.05) is 17.2 Å². The zero-order chi connectivity index (χ0) is 20.7. The monoisotopic (exact) mass is 395 g/mol. The minimum absolute atomic E-state index is 0.00427. The average molecular weight is 395 g/mol. The van der Waals surface area contributed by atoms with Crippen LogP contribution >= 0.6 is 0 Å². The van der Waals surface area contributed by atoms with Crippen LogP contribution in [0.5, 0.6) is 5.75 Å². The fourth-order valence-electron chi connectivity index (χ4n) is 2.17. The highest BCUT2D eigenvalue weighted by Gasteiger charge is 2.30. The largest absolute Gasteiger partial charge is 0.484 e. The molecule has 3 N–H and O–H groups in total. The summed E-state index contributed by atoms with van der Waals surface area (Å²) in [6, 6.07) is 10.3. The Morgan fingerprint density at radius 2 is 1.61 bits per heavy atom. The highest BCUT2D eigenvalue weighted by molar-refractivity contribution is 5.93. The third-order valence-electron chi connectivity index (χ3n) is 3.38. The number of ether oxygens (including phenoxy) is 1. The lowest BCUT2D eigenvalue weighted by atomic mass is 10.2. The van der Waals surface area contributed by atoms with Gasteiger partial charge in [0.1, 0.15) is 5.75 Å². The zero-order valence-electron chi connectivity index (χ0n) is 15.3. The van der Waals surface area contributed by atoms with Crippen molar-refractivity contribution < 1.29 is 27.5 Å². The van der Waals surface area contributed by atoms with Crippen molar-refractivity contribution in [3.05, 3.63) is 54.1 Å². The number of nitrogens with one attached hydrogen (secondary N) is 3. The summed E-state index contributed by atoms with van der Waals surface area (Å²) in [5.41, 5.74) is 0.138. The smallest absolute Gasteiger partial charge is 0.416 e. The van der Waals surface area contributed by atoms with Gasteiger partial charge in [0, 0.05) is 17.4 Å². The van der Waals surface area contributed by atoms with Crippen molar-refractivity contribution >= 4 is 23.3 Å². The van der Waals surface area contributed by atoms with Crippen LogP contribution < -0.4 is 20.7 Å². The molecule has 0 heterocycles. The van der Waals surface area contributed by atoms with E-state index in [0.29, 0.717) is 11.4 Å². The average Bonchev–Trinajstić information content (AvgIpc) is 2.60. The molecule has 0 radical (unpaired) electrons. The van der Waals surface area contributed by atoms with Crippen molar-refractivity contribution in [2.24, 2.45) is 0 Å². The van der Waals surface area contributed by atoms with Gasteiger partial charge in [-0.05, 0) is 56.3 Å². The maximum absolute atomic E-state index is 12.7. The van der Waals surface area contributed by atoms with Gasteiger partial charge in [-0.3, -0.25) is 4.79 Å². The first-order valence-corrected chi connectivity index (χ1v) is 8.41. The van der Waals surface area contributed by atoms with E-state index in [2.05, 4.69) is 16.0 Å². The fraction of sp³-hybridized carbons (Fsp3) is 0.263. The summed E-state index contributed by atoms with van der Waals surface area (Å²) in [6.07, 6.45) is -4.48. The van der Waals surface area contributed by atoms with Gasteiger partial charge in [-0.2, -0.15) is 13.2 Å². The molecule has 2 aromatic carbocycles. The minimum Gasteiger partial charge on any atom is -0.484 e. The number of hydrogen-bond donors (Lipinski definition) is 3. The molecule has 0 fully saturated rings. The molecule has 0 aliphatic heterocycles. The molecule has 0 spiro atoms. The van der Waals surface area contributed by atoms with Crippen molar-refractivity contribution in [1.82, 2.24) is 5.32 Å². The predicted octanol–water partition coefficient (Wildman–Crippen LogP) is 4.25. The fourth-order valence-corrected chi connectivity index (χ4v) is 2.17. The highest BCUT2D eigenvalue weighted by atomic mass is 19.4. The van der Waals surface area contributed by atoms with E-state index in [1.807, 2.05) is 13.8 Å². The summed E-state index contributed by atoms with van der Waals surface area (Å²) >= 11 is 0. The van der Waals surface area contributed by atoms with E-state index in [9.17, 15) is 22.8 Å². The number of amides is 3. The van der Waals surface area contributed by atoms with Gasteiger partial charge in [-0.25, -0.2) is 4.79 Å². The Morgan fingerprint density at radius 1 is 1.00 bits per heavy atom. The summed E-state index contributed by atoms with van der Waals surface area (Å²) < 4.78 is 43.1. The first kappa shape index (κ1) is 21.1. The van der Waals surface area contributed by atoms with Crippen LogP contribution in [0.1, 0.15) is 19.4 Å². The summed E-state index contributed by atoms with van der Waals surface area (Å²) in [5, 5.41) is 7.87. The van der Waals surface area contributed by atoms with Gasteiger partial charge in [-0.1, -0.05) is 6.07 Å². The molecule has 2 aromatic rings. The lowest BCUT2D eigenvalue weighted by Gasteiger charge is -2.12. The standard InChI is InChI=1S/C19H20F3N3O3/c1-12(2)23-18(27)25-15-8-6-14(7-9-15)24-17(26)11-28-16-5-3-4-13(10-16)19(20,21)22/h3-10,12H,11H2,1-2H3,(H,24,26)(H2,23,25,27). The molecule has 0 aromatic heterocycles. The topological polar surface area (TPSA) is 79.5 Å². The Labute approximate surface area is 160 Å². The Bertz CT molecular complexity index is 821. The van der Waals surface area contributed by atoms with Crippen molar-refractivity contribution in [3.63, 3.8) is 0 Å². The van der Waals surface area contributed by atoms with E-state index in [-0.39, 0.29) is 17.8 Å². The highest BCUT2D eigenvalue weighted by Crippen LogP contribution is 2.31. The molecule has 0 unspecified atom stereocenters. The number of urea groups is 1. The minimum atomic E-state index is -4.48. The molecule has 0 aliphatic rings. The lowest BCUT2D eigenvalue weighted by Crippen LogP contribution is -2.34. The molecular weight excluding hydrogens is 375 g/mol. The SMILES string of the molecule is CC(C)NC(=O)Nc1ccc(NC(=O)COc2cccc(C(F)(F)F)c2)cc1. The molecule has 0 atom stereocenters. The molecule has 3 amide bonds. The van der Waals surface area contributed by atoms with Crippen molar-refractivity contribution in [2.45, 2.75) is 26.1 Å². The second kappa shape index (κ2) is 9.12. The number of carbonyl (C=O) groups excluding carboxylic acids is 2. The van der Waals surface area contributed by atoms with E-state index in [0.717, 1.165) is 12.1 Å². The molecule has 6 nitrogen and oxygen atoms in total. The predicted molar refractivity (Wildman–Crippen MR) is 99.3 cm³/mol. The van der Waals surface area contributed by atoms with Crippen LogP contribution in [0.4, 0.5) is 29.3 Å². The molecule has 0 aliphatic carbocycles. The van der Waals surface area contributed by atoms with E-state index < -0.39 is 24.3 Å². The number of alkyl halides is 3. The first-order valence-electron chi connectivity index (χ1n) is 8.41. The third kappa shape index (κ3) is 6.82. The number of halogens is 3.